The van der Waals surface area contributed by atoms with Crippen molar-refractivity contribution in [3.05, 3.63) is 35.7 Å². The maximum Gasteiger partial charge on any atom is 0.241 e. The van der Waals surface area contributed by atoms with Crippen molar-refractivity contribution in [3.8, 4) is 23.7 Å². The number of aromatic nitrogens is 2. The second-order valence-corrected chi connectivity index (χ2v) is 8.28. The fourth-order valence-electron chi connectivity index (χ4n) is 2.89. The Morgan fingerprint density at radius 1 is 1.46 bits per heavy atom. The zero-order chi connectivity index (χ0) is 17.2. The minimum Gasteiger partial charge on any atom is -0.338 e. The number of rotatable bonds is 5. The van der Waals surface area contributed by atoms with E-state index >= 15 is 0 Å². The quantitative estimate of drug-likeness (QED) is 0.767. The highest BCUT2D eigenvalue weighted by Gasteiger charge is 2.32. The predicted octanol–water partition coefficient (Wildman–Crippen LogP) is 1.67. The highest BCUT2D eigenvalue weighted by molar-refractivity contribution is 7.91. The van der Waals surface area contributed by atoms with Gasteiger partial charge in [0.2, 0.25) is 11.7 Å². The lowest BCUT2D eigenvalue weighted by atomic mass is 10.1. The molecule has 3 rings (SSSR count). The van der Waals surface area contributed by atoms with Crippen LogP contribution < -0.4 is 0 Å². The third-order valence-electron chi connectivity index (χ3n) is 4.10. The summed E-state index contributed by atoms with van der Waals surface area (Å²) in [6.45, 7) is 2.70. The number of nitrogens with zero attached hydrogens (tertiary/aromatic N) is 3. The third-order valence-corrected chi connectivity index (χ3v) is 5.85. The van der Waals surface area contributed by atoms with Gasteiger partial charge in [-0.05, 0) is 19.4 Å². The Hall–Kier alpha value is -2.17. The zero-order valence-corrected chi connectivity index (χ0v) is 14.3. The highest BCUT2D eigenvalue weighted by Crippen LogP contribution is 2.21. The van der Waals surface area contributed by atoms with Gasteiger partial charge < -0.3 is 4.52 Å². The van der Waals surface area contributed by atoms with Gasteiger partial charge in [0, 0.05) is 11.6 Å². The first-order valence-electron chi connectivity index (χ1n) is 7.74. The molecule has 1 aliphatic rings. The van der Waals surface area contributed by atoms with Crippen LogP contribution in [0.5, 0.6) is 0 Å². The summed E-state index contributed by atoms with van der Waals surface area (Å²) in [6, 6.07) is 7.75. The number of aryl methyl sites for hydroxylation is 1. The van der Waals surface area contributed by atoms with Gasteiger partial charge >= 0.3 is 0 Å². The maximum absolute atomic E-state index is 11.7. The molecule has 0 radical (unpaired) electrons. The molecule has 1 atom stereocenters. The van der Waals surface area contributed by atoms with Crippen LogP contribution in [0, 0.1) is 19.3 Å². The summed E-state index contributed by atoms with van der Waals surface area (Å²) in [7, 11) is -2.97. The summed E-state index contributed by atoms with van der Waals surface area (Å²) in [4.78, 5) is 6.33. The minimum absolute atomic E-state index is 0.0969. The molecule has 1 saturated heterocycles. The van der Waals surface area contributed by atoms with Crippen LogP contribution in [0.4, 0.5) is 0 Å². The molecule has 1 aliphatic heterocycles. The van der Waals surface area contributed by atoms with Gasteiger partial charge in [-0.25, -0.2) is 8.42 Å². The largest absolute Gasteiger partial charge is 0.338 e. The predicted molar refractivity (Wildman–Crippen MR) is 90.8 cm³/mol. The Bertz CT molecular complexity index is 867. The summed E-state index contributed by atoms with van der Waals surface area (Å²) in [5.41, 5.74) is 2.00. The fourth-order valence-corrected chi connectivity index (χ4v) is 4.65. The first kappa shape index (κ1) is 16.7. The van der Waals surface area contributed by atoms with Gasteiger partial charge in [-0.1, -0.05) is 34.8 Å². The van der Waals surface area contributed by atoms with Gasteiger partial charge in [-0.3, -0.25) is 4.90 Å². The molecule has 7 heteroatoms. The number of sulfone groups is 1. The van der Waals surface area contributed by atoms with E-state index in [1.165, 1.54) is 0 Å². The molecule has 2 heterocycles. The molecule has 126 valence electrons. The van der Waals surface area contributed by atoms with Gasteiger partial charge in [-0.15, -0.1) is 6.42 Å². The van der Waals surface area contributed by atoms with Crippen molar-refractivity contribution in [3.63, 3.8) is 0 Å². The van der Waals surface area contributed by atoms with Gasteiger partial charge in [0.15, 0.2) is 9.84 Å². The molecule has 0 unspecified atom stereocenters. The Labute approximate surface area is 141 Å². The molecule has 1 aromatic carbocycles. The van der Waals surface area contributed by atoms with E-state index in [0.717, 1.165) is 11.1 Å². The normalized spacial score (nSPS) is 19.5. The molecule has 1 aromatic heterocycles. The number of benzene rings is 1. The van der Waals surface area contributed by atoms with Gasteiger partial charge in [0.25, 0.3) is 0 Å². The lowest BCUT2D eigenvalue weighted by molar-refractivity contribution is 0.199. The van der Waals surface area contributed by atoms with E-state index in [2.05, 4.69) is 16.1 Å². The van der Waals surface area contributed by atoms with E-state index in [0.29, 0.717) is 31.2 Å². The van der Waals surface area contributed by atoms with Crippen LogP contribution in [-0.4, -0.2) is 47.6 Å². The molecule has 1 fully saturated rings. The molecule has 0 aliphatic carbocycles. The molecule has 0 bridgehead atoms. The molecule has 6 nitrogen and oxygen atoms in total. The standard InChI is InChI=1S/C17H19N3O3S/c1-3-8-20(15-7-9-24(21,22)12-15)11-16-18-17(19-23-16)14-6-4-5-13(2)10-14/h1,4-6,10,15H,7-9,11-12H2,2H3/t15-/m0/s1. The van der Waals surface area contributed by atoms with E-state index in [9.17, 15) is 8.42 Å². The summed E-state index contributed by atoms with van der Waals surface area (Å²) in [5, 5.41) is 4.01. The van der Waals surface area contributed by atoms with Crippen LogP contribution in [-0.2, 0) is 16.4 Å². The Morgan fingerprint density at radius 3 is 2.96 bits per heavy atom. The second-order valence-electron chi connectivity index (χ2n) is 6.05. The van der Waals surface area contributed by atoms with Crippen LogP contribution in [0.15, 0.2) is 28.8 Å². The number of hydrogen-bond donors (Lipinski definition) is 0. The van der Waals surface area contributed by atoms with Crippen molar-refractivity contribution in [2.45, 2.75) is 25.9 Å². The Balaban J connectivity index is 1.75. The summed E-state index contributed by atoms with van der Waals surface area (Å²) in [6.07, 6.45) is 6.01. The molecule has 24 heavy (non-hydrogen) atoms. The van der Waals surface area contributed by atoms with E-state index in [1.54, 1.807) is 0 Å². The van der Waals surface area contributed by atoms with Crippen LogP contribution in [0.25, 0.3) is 11.4 Å². The van der Waals surface area contributed by atoms with Crippen molar-refractivity contribution in [1.29, 1.82) is 0 Å². The molecule has 0 amide bonds. The Morgan fingerprint density at radius 2 is 2.29 bits per heavy atom. The molecule has 0 N–H and O–H groups in total. The topological polar surface area (TPSA) is 76.3 Å². The fraction of sp³-hybridized carbons (Fsp3) is 0.412. The molecular weight excluding hydrogens is 326 g/mol. The first-order chi connectivity index (χ1) is 11.5. The van der Waals surface area contributed by atoms with Crippen LogP contribution >= 0.6 is 0 Å². The first-order valence-corrected chi connectivity index (χ1v) is 9.56. The number of terminal acetylenes is 1. The van der Waals surface area contributed by atoms with Crippen molar-refractivity contribution < 1.29 is 12.9 Å². The van der Waals surface area contributed by atoms with Crippen LogP contribution in [0.1, 0.15) is 17.9 Å². The number of hydrogen-bond acceptors (Lipinski definition) is 6. The third kappa shape index (κ3) is 3.83. The molecule has 2 aromatic rings. The summed E-state index contributed by atoms with van der Waals surface area (Å²) >= 11 is 0. The maximum atomic E-state index is 11.7. The van der Waals surface area contributed by atoms with Crippen molar-refractivity contribution in [1.82, 2.24) is 15.0 Å². The van der Waals surface area contributed by atoms with E-state index in [4.69, 9.17) is 10.9 Å². The second kappa shape index (κ2) is 6.75. The van der Waals surface area contributed by atoms with E-state index in [1.807, 2.05) is 36.1 Å². The Kier molecular flexibility index (Phi) is 4.69. The average molecular weight is 345 g/mol. The van der Waals surface area contributed by atoms with E-state index in [-0.39, 0.29) is 17.5 Å². The summed E-state index contributed by atoms with van der Waals surface area (Å²) < 4.78 is 28.7. The summed E-state index contributed by atoms with van der Waals surface area (Å²) in [5.74, 6) is 3.88. The van der Waals surface area contributed by atoms with Gasteiger partial charge in [-0.2, -0.15) is 4.98 Å². The SMILES string of the molecule is C#CCN(Cc1nc(-c2cccc(C)c2)no1)[C@H]1CCS(=O)(=O)C1. The van der Waals surface area contributed by atoms with Crippen molar-refractivity contribution >= 4 is 9.84 Å². The van der Waals surface area contributed by atoms with Gasteiger partial charge in [0.05, 0.1) is 24.6 Å². The lowest BCUT2D eigenvalue weighted by Gasteiger charge is -2.23. The van der Waals surface area contributed by atoms with Gasteiger partial charge in [0.1, 0.15) is 0 Å². The van der Waals surface area contributed by atoms with E-state index < -0.39 is 9.84 Å². The van der Waals surface area contributed by atoms with Crippen molar-refractivity contribution in [2.75, 3.05) is 18.1 Å². The monoisotopic (exact) mass is 345 g/mol. The smallest absolute Gasteiger partial charge is 0.241 e. The zero-order valence-electron chi connectivity index (χ0n) is 13.5. The average Bonchev–Trinajstić information content (AvgIpc) is 3.13. The minimum atomic E-state index is -2.97. The van der Waals surface area contributed by atoms with Crippen LogP contribution in [0.2, 0.25) is 0 Å². The molecule has 0 saturated carbocycles. The lowest BCUT2D eigenvalue weighted by Crippen LogP contribution is -2.36. The van der Waals surface area contributed by atoms with Crippen LogP contribution in [0.3, 0.4) is 0 Å². The highest BCUT2D eigenvalue weighted by atomic mass is 32.2. The van der Waals surface area contributed by atoms with Crippen molar-refractivity contribution in [2.24, 2.45) is 0 Å². The molecule has 0 spiro atoms. The molecular formula is C17H19N3O3S.